The molecule has 0 N–H and O–H groups in total. The first kappa shape index (κ1) is 17.5. The van der Waals surface area contributed by atoms with E-state index in [4.69, 9.17) is 4.74 Å². The van der Waals surface area contributed by atoms with E-state index in [1.807, 2.05) is 0 Å². The molecule has 0 aliphatic rings. The molecule has 2 heteroatoms. The number of hydrogen-bond acceptors (Lipinski definition) is 2. The summed E-state index contributed by atoms with van der Waals surface area (Å²) in [6, 6.07) is 0. The lowest BCUT2D eigenvalue weighted by Crippen LogP contribution is -2.45. The molecule has 0 aromatic heterocycles. The molecule has 0 saturated heterocycles. The van der Waals surface area contributed by atoms with Gasteiger partial charge in [0.2, 0.25) is 0 Å². The lowest BCUT2D eigenvalue weighted by molar-refractivity contribution is -0.163. The Hall–Kier alpha value is -0.530. The van der Waals surface area contributed by atoms with Crippen molar-refractivity contribution in [3.63, 3.8) is 0 Å². The van der Waals surface area contributed by atoms with Crippen molar-refractivity contribution in [2.24, 2.45) is 16.2 Å². The Labute approximate surface area is 113 Å². The van der Waals surface area contributed by atoms with Crippen molar-refractivity contribution in [2.75, 3.05) is 7.11 Å². The van der Waals surface area contributed by atoms with Crippen LogP contribution in [0.15, 0.2) is 0 Å². The summed E-state index contributed by atoms with van der Waals surface area (Å²) in [5.41, 5.74) is -0.299. The molecule has 0 spiro atoms. The second-order valence-electron chi connectivity index (χ2n) is 7.15. The monoisotopic (exact) mass is 256 g/mol. The molecule has 0 saturated carbocycles. The van der Waals surface area contributed by atoms with Gasteiger partial charge in [-0.3, -0.25) is 4.79 Å². The maximum absolute atomic E-state index is 12.3. The predicted octanol–water partition coefficient (Wildman–Crippen LogP) is 4.82. The number of esters is 1. The first-order valence-electron chi connectivity index (χ1n) is 7.14. The SMILES string of the molecule is CCCC(C)(C)C(C)(CC(C)(C)CC)C(=O)OC. The van der Waals surface area contributed by atoms with Crippen molar-refractivity contribution in [3.05, 3.63) is 0 Å². The molecule has 1 atom stereocenters. The molecule has 0 aromatic rings. The van der Waals surface area contributed by atoms with Crippen molar-refractivity contribution in [1.29, 1.82) is 0 Å². The Morgan fingerprint density at radius 1 is 1.06 bits per heavy atom. The zero-order valence-electron chi connectivity index (χ0n) is 13.6. The molecule has 0 bridgehead atoms. The predicted molar refractivity (Wildman–Crippen MR) is 77.5 cm³/mol. The highest BCUT2D eigenvalue weighted by Gasteiger charge is 2.49. The van der Waals surface area contributed by atoms with Crippen LogP contribution in [0.5, 0.6) is 0 Å². The fourth-order valence-electron chi connectivity index (χ4n) is 2.80. The molecular weight excluding hydrogens is 224 g/mol. The highest BCUT2D eigenvalue weighted by atomic mass is 16.5. The Kier molecular flexibility index (Phi) is 5.90. The molecule has 0 radical (unpaired) electrons. The molecule has 0 aromatic carbocycles. The van der Waals surface area contributed by atoms with E-state index in [-0.39, 0.29) is 16.8 Å². The van der Waals surface area contributed by atoms with Crippen LogP contribution in [0.2, 0.25) is 0 Å². The summed E-state index contributed by atoms with van der Waals surface area (Å²) in [7, 11) is 1.50. The van der Waals surface area contributed by atoms with Gasteiger partial charge in [0.25, 0.3) is 0 Å². The van der Waals surface area contributed by atoms with Gasteiger partial charge in [-0.1, -0.05) is 54.4 Å². The largest absolute Gasteiger partial charge is 0.469 e. The minimum atomic E-state index is -0.419. The van der Waals surface area contributed by atoms with Gasteiger partial charge < -0.3 is 4.74 Å². The summed E-state index contributed by atoms with van der Waals surface area (Å²) in [5, 5.41) is 0. The number of carbonyl (C=O) groups excluding carboxylic acids is 1. The van der Waals surface area contributed by atoms with E-state index >= 15 is 0 Å². The van der Waals surface area contributed by atoms with Crippen molar-refractivity contribution >= 4 is 5.97 Å². The molecule has 108 valence electrons. The van der Waals surface area contributed by atoms with Crippen molar-refractivity contribution in [1.82, 2.24) is 0 Å². The lowest BCUT2D eigenvalue weighted by atomic mass is 9.58. The second-order valence-corrected chi connectivity index (χ2v) is 7.15. The van der Waals surface area contributed by atoms with Crippen LogP contribution in [0.1, 0.15) is 74.1 Å². The molecule has 0 aliphatic heterocycles. The highest BCUT2D eigenvalue weighted by Crippen LogP contribution is 2.50. The third-order valence-corrected chi connectivity index (χ3v) is 4.79. The zero-order chi connectivity index (χ0) is 14.6. The Bertz CT molecular complexity index is 279. The average Bonchev–Trinajstić information content (AvgIpc) is 2.27. The van der Waals surface area contributed by atoms with E-state index in [2.05, 4.69) is 48.5 Å². The van der Waals surface area contributed by atoms with Crippen molar-refractivity contribution < 1.29 is 9.53 Å². The topological polar surface area (TPSA) is 26.3 Å². The molecule has 0 amide bonds. The van der Waals surface area contributed by atoms with Crippen LogP contribution in [-0.4, -0.2) is 13.1 Å². The lowest BCUT2D eigenvalue weighted by Gasteiger charge is -2.46. The van der Waals surface area contributed by atoms with Crippen LogP contribution < -0.4 is 0 Å². The fourth-order valence-corrected chi connectivity index (χ4v) is 2.80. The minimum absolute atomic E-state index is 0.0404. The third-order valence-electron chi connectivity index (χ3n) is 4.79. The van der Waals surface area contributed by atoms with Gasteiger partial charge in [0, 0.05) is 0 Å². The van der Waals surface area contributed by atoms with Gasteiger partial charge >= 0.3 is 5.97 Å². The Balaban J connectivity index is 5.38. The van der Waals surface area contributed by atoms with Crippen LogP contribution >= 0.6 is 0 Å². The van der Waals surface area contributed by atoms with Gasteiger partial charge in [-0.05, 0) is 30.6 Å². The standard InChI is InChI=1S/C16H32O2/c1-9-11-15(5,6)16(7,13(17)18-8)12-14(3,4)10-2/h9-12H2,1-8H3. The molecule has 0 fully saturated rings. The summed E-state index contributed by atoms with van der Waals surface area (Å²) in [5.74, 6) is -0.0672. The summed E-state index contributed by atoms with van der Waals surface area (Å²) in [4.78, 5) is 12.3. The van der Waals surface area contributed by atoms with E-state index in [1.165, 1.54) is 7.11 Å². The quantitative estimate of drug-likeness (QED) is 0.610. The van der Waals surface area contributed by atoms with E-state index < -0.39 is 5.41 Å². The maximum Gasteiger partial charge on any atom is 0.312 e. The molecule has 2 nitrogen and oxygen atoms in total. The van der Waals surface area contributed by atoms with Gasteiger partial charge in [0.15, 0.2) is 0 Å². The number of carbonyl (C=O) groups is 1. The molecule has 0 rings (SSSR count). The van der Waals surface area contributed by atoms with Gasteiger partial charge in [-0.25, -0.2) is 0 Å². The number of rotatable bonds is 7. The van der Waals surface area contributed by atoms with Crippen molar-refractivity contribution in [3.8, 4) is 0 Å². The zero-order valence-corrected chi connectivity index (χ0v) is 13.6. The molecule has 18 heavy (non-hydrogen) atoms. The van der Waals surface area contributed by atoms with Crippen LogP contribution in [0.3, 0.4) is 0 Å². The highest BCUT2D eigenvalue weighted by molar-refractivity contribution is 5.77. The molecule has 0 heterocycles. The number of hydrogen-bond donors (Lipinski definition) is 0. The Morgan fingerprint density at radius 2 is 1.56 bits per heavy atom. The summed E-state index contributed by atoms with van der Waals surface area (Å²) < 4.78 is 5.10. The minimum Gasteiger partial charge on any atom is -0.469 e. The van der Waals surface area contributed by atoms with Gasteiger partial charge in [-0.15, -0.1) is 0 Å². The van der Waals surface area contributed by atoms with Gasteiger partial charge in [0.1, 0.15) is 0 Å². The van der Waals surface area contributed by atoms with E-state index in [1.54, 1.807) is 0 Å². The third kappa shape index (κ3) is 3.73. The first-order valence-corrected chi connectivity index (χ1v) is 7.14. The van der Waals surface area contributed by atoms with E-state index in [0.717, 1.165) is 25.7 Å². The molecule has 0 aliphatic carbocycles. The van der Waals surface area contributed by atoms with Gasteiger partial charge in [-0.2, -0.15) is 0 Å². The first-order chi connectivity index (χ1) is 8.06. The van der Waals surface area contributed by atoms with Crippen LogP contribution in [0.25, 0.3) is 0 Å². The molecule has 1 unspecified atom stereocenters. The fraction of sp³-hybridized carbons (Fsp3) is 0.938. The number of methoxy groups -OCH3 is 1. The van der Waals surface area contributed by atoms with Crippen LogP contribution in [-0.2, 0) is 9.53 Å². The van der Waals surface area contributed by atoms with E-state index in [9.17, 15) is 4.79 Å². The van der Waals surface area contributed by atoms with Crippen molar-refractivity contribution in [2.45, 2.75) is 74.1 Å². The van der Waals surface area contributed by atoms with Crippen LogP contribution in [0, 0.1) is 16.2 Å². The number of ether oxygens (including phenoxy) is 1. The summed E-state index contributed by atoms with van der Waals surface area (Å²) in [6.45, 7) is 15.3. The second kappa shape index (κ2) is 6.08. The average molecular weight is 256 g/mol. The maximum atomic E-state index is 12.3. The van der Waals surface area contributed by atoms with E-state index in [0.29, 0.717) is 0 Å². The van der Waals surface area contributed by atoms with Crippen LogP contribution in [0.4, 0.5) is 0 Å². The molecular formula is C16H32O2. The summed E-state index contributed by atoms with van der Waals surface area (Å²) >= 11 is 0. The van der Waals surface area contributed by atoms with Gasteiger partial charge in [0.05, 0.1) is 12.5 Å². The summed E-state index contributed by atoms with van der Waals surface area (Å²) in [6.07, 6.45) is 4.07. The Morgan fingerprint density at radius 3 is 1.89 bits per heavy atom. The smallest absolute Gasteiger partial charge is 0.312 e. The normalized spacial score (nSPS) is 16.2.